The molecule has 0 N–H and O–H groups in total. The minimum Gasteiger partial charge on any atom is -0.377 e. The second-order valence-electron chi connectivity index (χ2n) is 12.1. The molecule has 38 heavy (non-hydrogen) atoms. The average molecular weight is 545 g/mol. The number of hydrogen-bond acceptors (Lipinski definition) is 9. The summed E-state index contributed by atoms with van der Waals surface area (Å²) in [6.07, 6.45) is 1.07. The number of nitrogens with zero attached hydrogens (tertiary/aromatic N) is 6. The van der Waals surface area contributed by atoms with Gasteiger partial charge in [0, 0.05) is 84.6 Å². The molecule has 0 bridgehead atoms. The van der Waals surface area contributed by atoms with Gasteiger partial charge in [0.25, 0.3) is 0 Å². The molecule has 228 valence electrons. The zero-order valence-corrected chi connectivity index (χ0v) is 26.8. The Labute approximate surface area is 236 Å². The van der Waals surface area contributed by atoms with Crippen molar-refractivity contribution in [3.8, 4) is 0 Å². The van der Waals surface area contributed by atoms with Crippen LogP contribution >= 0.6 is 0 Å². The Morgan fingerprint density at radius 1 is 0.553 bits per heavy atom. The van der Waals surface area contributed by atoms with Crippen molar-refractivity contribution in [1.82, 2.24) is 29.4 Å². The topological polar surface area (TPSA) is 47.1 Å². The van der Waals surface area contributed by atoms with E-state index in [1.807, 2.05) is 0 Å². The molecule has 3 heterocycles. The fourth-order valence-electron chi connectivity index (χ4n) is 4.31. The molecule has 0 spiro atoms. The van der Waals surface area contributed by atoms with E-state index in [1.165, 1.54) is 45.8 Å². The van der Waals surface area contributed by atoms with Crippen molar-refractivity contribution in [2.24, 2.45) is 0 Å². The maximum absolute atomic E-state index is 5.63. The van der Waals surface area contributed by atoms with Gasteiger partial charge in [-0.3, -0.25) is 14.7 Å². The lowest BCUT2D eigenvalue weighted by Gasteiger charge is -2.37. The minimum atomic E-state index is 0.348. The Morgan fingerprint density at radius 2 is 1.03 bits per heavy atom. The molecule has 0 amide bonds. The molecule has 0 aliphatic carbocycles. The Bertz CT molecular complexity index is 550. The number of piperazine rings is 3. The third-order valence-electron chi connectivity index (χ3n) is 7.24. The molecule has 3 aliphatic rings. The summed E-state index contributed by atoms with van der Waals surface area (Å²) < 4.78 is 16.7. The lowest BCUT2D eigenvalue weighted by molar-refractivity contribution is -0.0225. The molecule has 3 aliphatic heterocycles. The van der Waals surface area contributed by atoms with Crippen molar-refractivity contribution in [1.29, 1.82) is 0 Å². The van der Waals surface area contributed by atoms with Crippen LogP contribution in [-0.2, 0) is 14.2 Å². The van der Waals surface area contributed by atoms with E-state index < -0.39 is 0 Å². The minimum absolute atomic E-state index is 0.348. The highest BCUT2D eigenvalue weighted by Crippen LogP contribution is 2.07. The van der Waals surface area contributed by atoms with Gasteiger partial charge in [-0.25, -0.2) is 0 Å². The van der Waals surface area contributed by atoms with Crippen molar-refractivity contribution in [3.05, 3.63) is 0 Å². The Kier molecular flexibility index (Phi) is 19.2. The third-order valence-corrected chi connectivity index (χ3v) is 7.24. The quantitative estimate of drug-likeness (QED) is 0.411. The molecule has 3 saturated heterocycles. The summed E-state index contributed by atoms with van der Waals surface area (Å²) in [5.41, 5.74) is 0. The Hall–Kier alpha value is -0.360. The lowest BCUT2D eigenvalue weighted by atomic mass is 10.2. The van der Waals surface area contributed by atoms with Crippen LogP contribution in [0.4, 0.5) is 0 Å². The molecule has 3 fully saturated rings. The predicted molar refractivity (Wildman–Crippen MR) is 160 cm³/mol. The molecule has 1 atom stereocenters. The van der Waals surface area contributed by atoms with Gasteiger partial charge in [-0.1, -0.05) is 0 Å². The van der Waals surface area contributed by atoms with Crippen LogP contribution in [-0.4, -0.2) is 180 Å². The van der Waals surface area contributed by atoms with Crippen LogP contribution in [0.1, 0.15) is 41.5 Å². The van der Waals surface area contributed by atoms with Crippen LogP contribution in [0.15, 0.2) is 0 Å². The molecule has 9 nitrogen and oxygen atoms in total. The first-order valence-corrected chi connectivity index (χ1v) is 15.0. The molecule has 9 heteroatoms. The first-order chi connectivity index (χ1) is 18.0. The van der Waals surface area contributed by atoms with Gasteiger partial charge in [0.1, 0.15) is 0 Å². The van der Waals surface area contributed by atoms with Gasteiger partial charge in [-0.2, -0.15) is 0 Å². The van der Waals surface area contributed by atoms with Gasteiger partial charge in [0.05, 0.1) is 38.3 Å². The van der Waals surface area contributed by atoms with Crippen LogP contribution in [0.3, 0.4) is 0 Å². The first kappa shape index (κ1) is 35.7. The molecular formula is C29H64N6O3. The highest BCUT2D eigenvalue weighted by atomic mass is 16.5. The second-order valence-corrected chi connectivity index (χ2v) is 12.1. The molecule has 0 aromatic heterocycles. The molecular weight excluding hydrogens is 480 g/mol. The predicted octanol–water partition coefficient (Wildman–Crippen LogP) is 1.93. The van der Waals surface area contributed by atoms with E-state index in [0.29, 0.717) is 24.4 Å². The standard InChI is InChI=1S/2C10H22N2O.C9H20N2O/c1-9(2)13-8-10-7-11(3)5-6-12(10)4;1-10(2)13-9-8-12-6-4-11(3)5-7-12;1-9(2)12-8-11-6-4-10(3)5-7-11/h9-10H,5-8H2,1-4H3;10H,4-9H2,1-3H3;9H,4-8H2,1-3H3. The summed E-state index contributed by atoms with van der Waals surface area (Å²) in [6.45, 7) is 29.0. The van der Waals surface area contributed by atoms with E-state index in [1.54, 1.807) is 0 Å². The summed E-state index contributed by atoms with van der Waals surface area (Å²) >= 11 is 0. The average Bonchev–Trinajstić information content (AvgIpc) is 2.86. The van der Waals surface area contributed by atoms with Gasteiger partial charge >= 0.3 is 0 Å². The van der Waals surface area contributed by atoms with Crippen molar-refractivity contribution in [3.63, 3.8) is 0 Å². The molecule has 1 unspecified atom stereocenters. The summed E-state index contributed by atoms with van der Waals surface area (Å²) in [6, 6.07) is 0.571. The Morgan fingerprint density at radius 3 is 1.53 bits per heavy atom. The van der Waals surface area contributed by atoms with Crippen molar-refractivity contribution < 1.29 is 14.2 Å². The highest BCUT2D eigenvalue weighted by molar-refractivity contribution is 4.78. The van der Waals surface area contributed by atoms with Crippen molar-refractivity contribution in [2.45, 2.75) is 65.9 Å². The van der Waals surface area contributed by atoms with Crippen molar-refractivity contribution >= 4 is 0 Å². The molecule has 3 rings (SSSR count). The summed E-state index contributed by atoms with van der Waals surface area (Å²) in [5, 5.41) is 0. The summed E-state index contributed by atoms with van der Waals surface area (Å²) in [4.78, 5) is 14.3. The van der Waals surface area contributed by atoms with E-state index in [0.717, 1.165) is 52.7 Å². The van der Waals surface area contributed by atoms with Crippen molar-refractivity contribution in [2.75, 3.05) is 127 Å². The lowest BCUT2D eigenvalue weighted by Crippen LogP contribution is -2.52. The van der Waals surface area contributed by atoms with Crippen LogP contribution in [0.5, 0.6) is 0 Å². The smallest absolute Gasteiger partial charge is 0.0994 e. The van der Waals surface area contributed by atoms with Gasteiger partial charge < -0.3 is 28.9 Å². The summed E-state index contributed by atoms with van der Waals surface area (Å²) in [5.74, 6) is 0. The Balaban J connectivity index is 0.000000285. The highest BCUT2D eigenvalue weighted by Gasteiger charge is 2.22. The third kappa shape index (κ3) is 18.1. The molecule has 0 saturated carbocycles. The zero-order valence-electron chi connectivity index (χ0n) is 26.8. The van der Waals surface area contributed by atoms with Gasteiger partial charge in [0.2, 0.25) is 0 Å². The monoisotopic (exact) mass is 545 g/mol. The fraction of sp³-hybridized carbons (Fsp3) is 1.00. The number of rotatable bonds is 10. The van der Waals surface area contributed by atoms with E-state index in [-0.39, 0.29) is 0 Å². The van der Waals surface area contributed by atoms with E-state index in [2.05, 4.69) is 99.1 Å². The SMILES string of the molecule is CC(C)OCC1CN(C)CCN1C.CC(C)OCCN1CCN(C)CC1.CC(C)OCN1CCN(C)CC1. The molecule has 0 aromatic carbocycles. The number of likely N-dealkylation sites (N-methyl/N-ethyl adjacent to an activating group) is 4. The van der Waals surface area contributed by atoms with E-state index >= 15 is 0 Å². The fourth-order valence-corrected chi connectivity index (χ4v) is 4.31. The van der Waals surface area contributed by atoms with Crippen LogP contribution in [0.25, 0.3) is 0 Å². The molecule has 0 radical (unpaired) electrons. The van der Waals surface area contributed by atoms with Crippen LogP contribution in [0.2, 0.25) is 0 Å². The maximum atomic E-state index is 5.63. The number of hydrogen-bond donors (Lipinski definition) is 0. The van der Waals surface area contributed by atoms with Gasteiger partial charge in [-0.15, -0.1) is 0 Å². The maximum Gasteiger partial charge on any atom is 0.0994 e. The number of ether oxygens (including phenoxy) is 3. The molecule has 0 aromatic rings. The van der Waals surface area contributed by atoms with Gasteiger partial charge in [0.15, 0.2) is 0 Å². The van der Waals surface area contributed by atoms with Crippen LogP contribution in [0, 0.1) is 0 Å². The van der Waals surface area contributed by atoms with E-state index in [9.17, 15) is 0 Å². The van der Waals surface area contributed by atoms with E-state index in [4.69, 9.17) is 14.2 Å². The first-order valence-electron chi connectivity index (χ1n) is 15.0. The van der Waals surface area contributed by atoms with Gasteiger partial charge in [-0.05, 0) is 69.7 Å². The second kappa shape index (κ2) is 20.5. The van der Waals surface area contributed by atoms with Crippen LogP contribution < -0.4 is 0 Å². The normalized spacial score (nSPS) is 23.4. The zero-order chi connectivity index (χ0) is 28.5. The largest absolute Gasteiger partial charge is 0.377 e. The summed E-state index contributed by atoms with van der Waals surface area (Å²) in [7, 11) is 8.71.